The summed E-state index contributed by atoms with van der Waals surface area (Å²) in [6.07, 6.45) is 1.70. The van der Waals surface area contributed by atoms with Crippen molar-refractivity contribution in [3.63, 3.8) is 0 Å². The number of rotatable bonds is 1. The Morgan fingerprint density at radius 2 is 2.06 bits per heavy atom. The molecule has 3 rings (SSSR count). The van der Waals surface area contributed by atoms with Crippen molar-refractivity contribution in [3.05, 3.63) is 42.2 Å². The van der Waals surface area contributed by atoms with E-state index in [4.69, 9.17) is 5.73 Å². The Morgan fingerprint density at radius 1 is 1.24 bits per heavy atom. The maximum Gasteiger partial charge on any atom is 0.166 e. The number of nitrogen functional groups attached to an aromatic ring is 1. The van der Waals surface area contributed by atoms with E-state index in [9.17, 15) is 0 Å². The van der Waals surface area contributed by atoms with Gasteiger partial charge in [-0.3, -0.25) is 4.98 Å². The molecule has 0 amide bonds. The molecular weight excluding hydrogens is 214 g/mol. The van der Waals surface area contributed by atoms with Crippen molar-refractivity contribution in [2.24, 2.45) is 0 Å². The van der Waals surface area contributed by atoms with Crippen molar-refractivity contribution in [3.8, 4) is 5.69 Å². The van der Waals surface area contributed by atoms with Crippen LogP contribution in [0.15, 0.2) is 36.5 Å². The van der Waals surface area contributed by atoms with Crippen LogP contribution in [0.25, 0.3) is 16.6 Å². The topological polar surface area (TPSA) is 69.6 Å². The van der Waals surface area contributed by atoms with E-state index in [0.29, 0.717) is 5.82 Å². The van der Waals surface area contributed by atoms with Gasteiger partial charge in [-0.1, -0.05) is 23.4 Å². The van der Waals surface area contributed by atoms with E-state index in [-0.39, 0.29) is 0 Å². The summed E-state index contributed by atoms with van der Waals surface area (Å²) < 4.78 is 1.67. The zero-order valence-corrected chi connectivity index (χ0v) is 9.33. The Balaban J connectivity index is 2.35. The number of hydrogen-bond acceptors (Lipinski definition) is 4. The van der Waals surface area contributed by atoms with Crippen molar-refractivity contribution in [2.45, 2.75) is 6.92 Å². The minimum atomic E-state index is 0.406. The normalized spacial score (nSPS) is 10.9. The summed E-state index contributed by atoms with van der Waals surface area (Å²) in [5.74, 6) is 0.406. The number of para-hydroxylation sites is 1. The predicted molar refractivity (Wildman–Crippen MR) is 65.8 cm³/mol. The lowest BCUT2D eigenvalue weighted by Crippen LogP contribution is -1.98. The molecule has 0 saturated carbocycles. The second-order valence-electron chi connectivity index (χ2n) is 3.89. The number of aryl methyl sites for hydroxylation is 1. The van der Waals surface area contributed by atoms with E-state index >= 15 is 0 Å². The third-order valence-corrected chi connectivity index (χ3v) is 2.58. The largest absolute Gasteiger partial charge is 0.381 e. The van der Waals surface area contributed by atoms with Crippen LogP contribution in [0.5, 0.6) is 0 Å². The van der Waals surface area contributed by atoms with Gasteiger partial charge in [-0.15, -0.1) is 5.10 Å². The average Bonchev–Trinajstić information content (AvgIpc) is 2.74. The number of anilines is 1. The number of aromatic nitrogens is 4. The zero-order chi connectivity index (χ0) is 11.8. The summed E-state index contributed by atoms with van der Waals surface area (Å²) in [7, 11) is 0. The van der Waals surface area contributed by atoms with Crippen LogP contribution in [0, 0.1) is 6.92 Å². The molecule has 2 aromatic heterocycles. The quantitative estimate of drug-likeness (QED) is 0.684. The molecule has 2 N–H and O–H groups in total. The van der Waals surface area contributed by atoms with E-state index in [2.05, 4.69) is 15.3 Å². The van der Waals surface area contributed by atoms with Crippen molar-refractivity contribution in [1.29, 1.82) is 0 Å². The van der Waals surface area contributed by atoms with Gasteiger partial charge in [0, 0.05) is 11.1 Å². The highest BCUT2D eigenvalue weighted by Crippen LogP contribution is 2.21. The van der Waals surface area contributed by atoms with Crippen LogP contribution < -0.4 is 5.73 Å². The van der Waals surface area contributed by atoms with Crippen LogP contribution in [0.2, 0.25) is 0 Å². The molecular formula is C12H11N5. The number of nitrogens with zero attached hydrogens (tertiary/aromatic N) is 4. The maximum atomic E-state index is 5.59. The molecule has 2 heterocycles. The fraction of sp³-hybridized carbons (Fsp3) is 0.0833. The van der Waals surface area contributed by atoms with Crippen LogP contribution in [0.1, 0.15) is 5.69 Å². The van der Waals surface area contributed by atoms with Gasteiger partial charge in [0.05, 0.1) is 17.4 Å². The second kappa shape index (κ2) is 3.55. The highest BCUT2D eigenvalue weighted by atomic mass is 15.4. The molecule has 0 radical (unpaired) electrons. The van der Waals surface area contributed by atoms with Crippen LogP contribution in [-0.2, 0) is 0 Å². The summed E-state index contributed by atoms with van der Waals surface area (Å²) in [5, 5.41) is 8.82. The summed E-state index contributed by atoms with van der Waals surface area (Å²) >= 11 is 0. The van der Waals surface area contributed by atoms with Crippen LogP contribution >= 0.6 is 0 Å². The monoisotopic (exact) mass is 225 g/mol. The number of hydrogen-bond donors (Lipinski definition) is 1. The van der Waals surface area contributed by atoms with Gasteiger partial charge in [0.25, 0.3) is 0 Å². The Bertz CT molecular complexity index is 686. The molecule has 0 aliphatic heterocycles. The van der Waals surface area contributed by atoms with Crippen molar-refractivity contribution in [2.75, 3.05) is 5.73 Å². The molecule has 84 valence electrons. The minimum Gasteiger partial charge on any atom is -0.381 e. The summed E-state index contributed by atoms with van der Waals surface area (Å²) in [6, 6.07) is 9.90. The van der Waals surface area contributed by atoms with Crippen LogP contribution in [-0.4, -0.2) is 20.0 Å². The third kappa shape index (κ3) is 1.61. The Hall–Kier alpha value is -2.43. The Morgan fingerprint density at radius 3 is 2.82 bits per heavy atom. The SMILES string of the molecule is Cc1cc(-n2cc(N)nn2)c2ccccc2n1. The first kappa shape index (κ1) is 9.77. The molecule has 5 nitrogen and oxygen atoms in total. The zero-order valence-electron chi connectivity index (χ0n) is 9.33. The number of fused-ring (bicyclic) bond motifs is 1. The van der Waals surface area contributed by atoms with Gasteiger partial charge < -0.3 is 5.73 Å². The lowest BCUT2D eigenvalue weighted by atomic mass is 10.1. The van der Waals surface area contributed by atoms with Gasteiger partial charge in [0.15, 0.2) is 5.82 Å². The number of benzene rings is 1. The molecule has 5 heteroatoms. The molecule has 0 saturated heterocycles. The lowest BCUT2D eigenvalue weighted by molar-refractivity contribution is 0.807. The fourth-order valence-corrected chi connectivity index (χ4v) is 1.87. The highest BCUT2D eigenvalue weighted by Gasteiger charge is 2.07. The first-order valence-electron chi connectivity index (χ1n) is 5.28. The summed E-state index contributed by atoms with van der Waals surface area (Å²) in [5.41, 5.74) is 8.41. The van der Waals surface area contributed by atoms with Crippen molar-refractivity contribution < 1.29 is 0 Å². The molecule has 0 unspecified atom stereocenters. The molecule has 0 spiro atoms. The van der Waals surface area contributed by atoms with Gasteiger partial charge in [-0.2, -0.15) is 0 Å². The van der Waals surface area contributed by atoms with Gasteiger partial charge in [0.1, 0.15) is 0 Å². The van der Waals surface area contributed by atoms with Gasteiger partial charge >= 0.3 is 0 Å². The Labute approximate surface area is 97.9 Å². The molecule has 1 aromatic carbocycles. The lowest BCUT2D eigenvalue weighted by Gasteiger charge is -2.06. The van der Waals surface area contributed by atoms with E-state index in [1.165, 1.54) is 0 Å². The van der Waals surface area contributed by atoms with Crippen molar-refractivity contribution in [1.82, 2.24) is 20.0 Å². The first-order chi connectivity index (χ1) is 8.24. The third-order valence-electron chi connectivity index (χ3n) is 2.58. The van der Waals surface area contributed by atoms with E-state index < -0.39 is 0 Å². The van der Waals surface area contributed by atoms with E-state index in [0.717, 1.165) is 22.3 Å². The molecule has 0 atom stereocenters. The van der Waals surface area contributed by atoms with E-state index in [1.54, 1.807) is 10.9 Å². The summed E-state index contributed by atoms with van der Waals surface area (Å²) in [4.78, 5) is 4.48. The molecule has 17 heavy (non-hydrogen) atoms. The second-order valence-corrected chi connectivity index (χ2v) is 3.89. The summed E-state index contributed by atoms with van der Waals surface area (Å²) in [6.45, 7) is 1.95. The predicted octanol–water partition coefficient (Wildman–Crippen LogP) is 1.71. The number of pyridine rings is 1. The smallest absolute Gasteiger partial charge is 0.166 e. The average molecular weight is 225 g/mol. The van der Waals surface area contributed by atoms with Gasteiger partial charge in [-0.25, -0.2) is 4.68 Å². The van der Waals surface area contributed by atoms with Gasteiger partial charge in [-0.05, 0) is 19.1 Å². The molecule has 0 bridgehead atoms. The minimum absolute atomic E-state index is 0.406. The number of nitrogens with two attached hydrogens (primary N) is 1. The van der Waals surface area contributed by atoms with Crippen LogP contribution in [0.3, 0.4) is 0 Å². The van der Waals surface area contributed by atoms with Gasteiger partial charge in [0.2, 0.25) is 0 Å². The fourth-order valence-electron chi connectivity index (χ4n) is 1.87. The Kier molecular flexibility index (Phi) is 2.04. The highest BCUT2D eigenvalue weighted by molar-refractivity contribution is 5.87. The molecule has 3 aromatic rings. The maximum absolute atomic E-state index is 5.59. The molecule has 0 fully saturated rings. The van der Waals surface area contributed by atoms with Crippen LogP contribution in [0.4, 0.5) is 5.82 Å². The van der Waals surface area contributed by atoms with Crippen molar-refractivity contribution >= 4 is 16.7 Å². The van der Waals surface area contributed by atoms with E-state index in [1.807, 2.05) is 37.3 Å². The first-order valence-corrected chi connectivity index (χ1v) is 5.28. The molecule has 0 aliphatic carbocycles. The standard InChI is InChI=1S/C12H11N5/c1-8-6-11(17-7-12(13)15-16-17)9-4-2-3-5-10(9)14-8/h2-7H,13H2,1H3. The molecule has 0 aliphatic rings.